The molecule has 25 heavy (non-hydrogen) atoms. The van der Waals surface area contributed by atoms with Gasteiger partial charge in [-0.2, -0.15) is 0 Å². The van der Waals surface area contributed by atoms with Gasteiger partial charge in [-0.05, 0) is 31.9 Å². The lowest BCUT2D eigenvalue weighted by atomic mass is 10.1. The molecule has 1 atom stereocenters. The first-order valence-electron chi connectivity index (χ1n) is 8.42. The van der Waals surface area contributed by atoms with E-state index < -0.39 is 0 Å². The van der Waals surface area contributed by atoms with E-state index in [1.807, 2.05) is 6.92 Å². The van der Waals surface area contributed by atoms with Crippen LogP contribution in [0.2, 0.25) is 0 Å². The molecular weight excluding hydrogens is 440 g/mol. The van der Waals surface area contributed by atoms with Crippen LogP contribution >= 0.6 is 24.0 Å². The molecular formula is C17H25FIN3O3. The molecule has 1 aromatic rings. The van der Waals surface area contributed by atoms with E-state index in [1.54, 1.807) is 0 Å². The molecule has 2 N–H and O–H groups in total. The molecule has 6 nitrogen and oxygen atoms in total. The van der Waals surface area contributed by atoms with Crippen LogP contribution < -0.4 is 15.4 Å². The van der Waals surface area contributed by atoms with Crippen molar-refractivity contribution in [1.29, 1.82) is 0 Å². The van der Waals surface area contributed by atoms with Gasteiger partial charge in [-0.25, -0.2) is 9.38 Å². The van der Waals surface area contributed by atoms with E-state index in [1.165, 1.54) is 12.1 Å². The van der Waals surface area contributed by atoms with Gasteiger partial charge in [-0.15, -0.1) is 24.0 Å². The highest BCUT2D eigenvalue weighted by molar-refractivity contribution is 14.0. The number of fused-ring (bicyclic) bond motifs is 1. The van der Waals surface area contributed by atoms with Crippen LogP contribution in [0.1, 0.15) is 30.9 Å². The normalized spacial score (nSPS) is 19.6. The molecule has 1 aromatic carbocycles. The molecule has 2 aliphatic heterocycles. The summed E-state index contributed by atoms with van der Waals surface area (Å²) in [7, 11) is 0. The van der Waals surface area contributed by atoms with Crippen molar-refractivity contribution in [2.75, 3.05) is 26.5 Å². The summed E-state index contributed by atoms with van der Waals surface area (Å²) in [6.45, 7) is 5.19. The summed E-state index contributed by atoms with van der Waals surface area (Å²) in [6.07, 6.45) is 2.41. The fourth-order valence-electron chi connectivity index (χ4n) is 2.90. The average molecular weight is 465 g/mol. The molecule has 0 aliphatic carbocycles. The van der Waals surface area contributed by atoms with Crippen molar-refractivity contribution in [2.24, 2.45) is 4.99 Å². The predicted molar refractivity (Wildman–Crippen MR) is 104 cm³/mol. The Morgan fingerprint density at radius 2 is 2.24 bits per heavy atom. The molecule has 0 saturated carbocycles. The number of halogens is 2. The van der Waals surface area contributed by atoms with Crippen LogP contribution in [0.5, 0.6) is 5.75 Å². The van der Waals surface area contributed by atoms with Crippen molar-refractivity contribution in [2.45, 2.75) is 39.0 Å². The third-order valence-electron chi connectivity index (χ3n) is 4.02. The molecule has 0 radical (unpaired) electrons. The highest BCUT2D eigenvalue weighted by Crippen LogP contribution is 2.29. The number of aliphatic imine (C=N–C) groups is 1. The molecule has 0 bridgehead atoms. The van der Waals surface area contributed by atoms with Crippen LogP contribution in [-0.2, 0) is 22.6 Å². The second-order valence-electron chi connectivity index (χ2n) is 5.87. The number of ether oxygens (including phenoxy) is 3. The van der Waals surface area contributed by atoms with Crippen molar-refractivity contribution in [3.8, 4) is 5.75 Å². The number of hydrogen-bond acceptors (Lipinski definition) is 4. The number of guanidine groups is 1. The zero-order chi connectivity index (χ0) is 16.8. The zero-order valence-corrected chi connectivity index (χ0v) is 16.7. The average Bonchev–Trinajstić information content (AvgIpc) is 3.10. The summed E-state index contributed by atoms with van der Waals surface area (Å²) in [5.41, 5.74) is 1.45. The minimum absolute atomic E-state index is 0. The summed E-state index contributed by atoms with van der Waals surface area (Å²) >= 11 is 0. The SMILES string of the molecule is CCNC(=NCc1cc(F)cc2c1OCOC2)NCC1CCCO1.I. The zero-order valence-electron chi connectivity index (χ0n) is 14.3. The topological polar surface area (TPSA) is 64.1 Å². The first-order chi connectivity index (χ1) is 11.8. The Balaban J connectivity index is 0.00000225. The monoisotopic (exact) mass is 465 g/mol. The Bertz CT molecular complexity index is 595. The highest BCUT2D eigenvalue weighted by atomic mass is 127. The maximum absolute atomic E-state index is 13.8. The van der Waals surface area contributed by atoms with Gasteiger partial charge in [0.05, 0.1) is 19.3 Å². The lowest BCUT2D eigenvalue weighted by Gasteiger charge is -2.20. The van der Waals surface area contributed by atoms with Crippen molar-refractivity contribution in [3.63, 3.8) is 0 Å². The quantitative estimate of drug-likeness (QED) is 0.398. The van der Waals surface area contributed by atoms with Gasteiger partial charge < -0.3 is 24.8 Å². The van der Waals surface area contributed by atoms with E-state index in [2.05, 4.69) is 15.6 Å². The number of rotatable bonds is 5. The molecule has 3 rings (SSSR count). The van der Waals surface area contributed by atoms with Crippen LogP contribution in [0, 0.1) is 5.82 Å². The molecule has 1 unspecified atom stereocenters. The van der Waals surface area contributed by atoms with Gasteiger partial charge in [0, 0.05) is 30.8 Å². The molecule has 140 valence electrons. The standard InChI is InChI=1S/C17H24FN3O3.HI/c1-2-19-17(21-9-15-4-3-5-23-15)20-8-12-6-14(18)7-13-10-22-11-24-16(12)13;/h6-7,15H,2-5,8-11H2,1H3,(H2,19,20,21);1H. The first-order valence-corrected chi connectivity index (χ1v) is 8.42. The Morgan fingerprint density at radius 3 is 3.00 bits per heavy atom. The minimum atomic E-state index is -0.301. The molecule has 2 aliphatic rings. The Hall–Kier alpha value is -1.13. The number of benzene rings is 1. The lowest BCUT2D eigenvalue weighted by molar-refractivity contribution is -0.0172. The van der Waals surface area contributed by atoms with E-state index in [0.717, 1.165) is 43.7 Å². The first kappa shape index (κ1) is 20.2. The lowest BCUT2D eigenvalue weighted by Crippen LogP contribution is -2.41. The molecule has 0 aromatic heterocycles. The molecule has 0 amide bonds. The van der Waals surface area contributed by atoms with Crippen LogP contribution in [0.15, 0.2) is 17.1 Å². The minimum Gasteiger partial charge on any atom is -0.467 e. The molecule has 0 spiro atoms. The van der Waals surface area contributed by atoms with Crippen LogP contribution in [-0.4, -0.2) is 38.6 Å². The summed E-state index contributed by atoms with van der Waals surface area (Å²) in [5, 5.41) is 6.48. The third-order valence-corrected chi connectivity index (χ3v) is 4.02. The van der Waals surface area contributed by atoms with Gasteiger partial charge in [0.15, 0.2) is 12.8 Å². The van der Waals surface area contributed by atoms with Crippen molar-refractivity contribution >= 4 is 29.9 Å². The van der Waals surface area contributed by atoms with Gasteiger partial charge >= 0.3 is 0 Å². The van der Waals surface area contributed by atoms with Crippen molar-refractivity contribution in [3.05, 3.63) is 29.1 Å². The maximum atomic E-state index is 13.8. The summed E-state index contributed by atoms with van der Waals surface area (Å²) in [5.74, 6) is 1.07. The van der Waals surface area contributed by atoms with E-state index >= 15 is 0 Å². The molecule has 8 heteroatoms. The number of nitrogens with one attached hydrogen (secondary N) is 2. The van der Waals surface area contributed by atoms with E-state index in [0.29, 0.717) is 24.9 Å². The van der Waals surface area contributed by atoms with Gasteiger partial charge in [0.25, 0.3) is 0 Å². The van der Waals surface area contributed by atoms with Crippen LogP contribution in [0.25, 0.3) is 0 Å². The smallest absolute Gasteiger partial charge is 0.191 e. The number of nitrogens with zero attached hydrogens (tertiary/aromatic N) is 1. The second-order valence-corrected chi connectivity index (χ2v) is 5.87. The molecule has 2 heterocycles. The third kappa shape index (κ3) is 5.68. The van der Waals surface area contributed by atoms with E-state index in [4.69, 9.17) is 14.2 Å². The molecule has 1 fully saturated rings. The van der Waals surface area contributed by atoms with E-state index in [-0.39, 0.29) is 42.7 Å². The van der Waals surface area contributed by atoms with E-state index in [9.17, 15) is 4.39 Å². The maximum Gasteiger partial charge on any atom is 0.191 e. The summed E-state index contributed by atoms with van der Waals surface area (Å²) < 4.78 is 30.1. The van der Waals surface area contributed by atoms with Crippen LogP contribution in [0.3, 0.4) is 0 Å². The van der Waals surface area contributed by atoms with Gasteiger partial charge in [0.1, 0.15) is 11.6 Å². The Labute approximate surface area is 164 Å². The van der Waals surface area contributed by atoms with Crippen molar-refractivity contribution < 1.29 is 18.6 Å². The van der Waals surface area contributed by atoms with Crippen molar-refractivity contribution in [1.82, 2.24) is 10.6 Å². The summed E-state index contributed by atoms with van der Waals surface area (Å²) in [6, 6.07) is 2.92. The van der Waals surface area contributed by atoms with Gasteiger partial charge in [-0.1, -0.05) is 0 Å². The Kier molecular flexibility index (Phi) is 8.17. The fourth-order valence-corrected chi connectivity index (χ4v) is 2.90. The summed E-state index contributed by atoms with van der Waals surface area (Å²) in [4.78, 5) is 4.55. The second kappa shape index (κ2) is 10.1. The largest absolute Gasteiger partial charge is 0.467 e. The van der Waals surface area contributed by atoms with Crippen LogP contribution in [0.4, 0.5) is 4.39 Å². The van der Waals surface area contributed by atoms with Gasteiger partial charge in [0.2, 0.25) is 0 Å². The molecule has 1 saturated heterocycles. The van der Waals surface area contributed by atoms with Gasteiger partial charge in [-0.3, -0.25) is 0 Å². The Morgan fingerprint density at radius 1 is 1.36 bits per heavy atom. The highest BCUT2D eigenvalue weighted by Gasteiger charge is 2.18. The predicted octanol–water partition coefficient (Wildman–Crippen LogP) is 2.54. The number of hydrogen-bond donors (Lipinski definition) is 2. The fraction of sp³-hybridized carbons (Fsp3) is 0.588.